The maximum absolute atomic E-state index is 12.3. The lowest BCUT2D eigenvalue weighted by Gasteiger charge is -2.28. The molecule has 0 radical (unpaired) electrons. The van der Waals surface area contributed by atoms with Crippen molar-refractivity contribution < 1.29 is 13.2 Å². The number of rotatable bonds is 4. The van der Waals surface area contributed by atoms with Crippen molar-refractivity contribution >= 4 is 38.9 Å². The van der Waals surface area contributed by atoms with E-state index < -0.39 is 10.0 Å². The van der Waals surface area contributed by atoms with Gasteiger partial charge in [-0.25, -0.2) is 8.42 Å². The third kappa shape index (κ3) is 3.50. The fraction of sp³-hybridized carbons (Fsp3) is 0.545. The molecule has 1 aliphatic heterocycles. The molecule has 0 aliphatic carbocycles. The minimum atomic E-state index is -3.65. The lowest BCUT2D eigenvalue weighted by Crippen LogP contribution is -2.49. The summed E-state index contributed by atoms with van der Waals surface area (Å²) in [6, 6.07) is 2.99. The van der Waals surface area contributed by atoms with Gasteiger partial charge in [-0.3, -0.25) is 4.79 Å². The molecule has 2 heterocycles. The van der Waals surface area contributed by atoms with E-state index in [1.54, 1.807) is 4.90 Å². The number of amides is 1. The van der Waals surface area contributed by atoms with Crippen molar-refractivity contribution in [2.45, 2.75) is 4.21 Å². The van der Waals surface area contributed by atoms with Gasteiger partial charge in [0, 0.05) is 33.2 Å². The molecule has 9 heteroatoms. The van der Waals surface area contributed by atoms with E-state index in [1.807, 2.05) is 0 Å². The van der Waals surface area contributed by atoms with Crippen molar-refractivity contribution in [3.05, 3.63) is 16.5 Å². The number of hydrogen-bond acceptors (Lipinski definition) is 5. The van der Waals surface area contributed by atoms with Crippen LogP contribution in [0.4, 0.5) is 0 Å². The second kappa shape index (κ2) is 6.40. The van der Waals surface area contributed by atoms with E-state index >= 15 is 0 Å². The third-order valence-electron chi connectivity index (χ3n) is 3.04. The number of sulfonamides is 1. The molecule has 0 unspecified atom stereocenters. The Morgan fingerprint density at radius 3 is 2.65 bits per heavy atom. The fourth-order valence-electron chi connectivity index (χ4n) is 1.88. The van der Waals surface area contributed by atoms with Gasteiger partial charge in [-0.15, -0.1) is 11.3 Å². The van der Waals surface area contributed by atoms with Crippen LogP contribution in [-0.4, -0.2) is 63.3 Å². The predicted molar refractivity (Wildman–Crippen MR) is 78.6 cm³/mol. The highest BCUT2D eigenvalue weighted by Crippen LogP contribution is 2.27. The van der Waals surface area contributed by atoms with Gasteiger partial charge in [-0.05, 0) is 12.1 Å². The molecule has 1 fully saturated rings. The number of piperazine rings is 1. The number of likely N-dealkylation sites (N-methyl/N-ethyl adjacent to an activating group) is 1. The molecule has 1 aromatic rings. The van der Waals surface area contributed by atoms with E-state index in [0.717, 1.165) is 28.7 Å². The van der Waals surface area contributed by atoms with E-state index in [9.17, 15) is 13.2 Å². The summed E-state index contributed by atoms with van der Waals surface area (Å²) in [4.78, 5) is 13.7. The van der Waals surface area contributed by atoms with Gasteiger partial charge >= 0.3 is 0 Å². The Bertz CT molecular complexity index is 581. The summed E-state index contributed by atoms with van der Waals surface area (Å²) in [5, 5.41) is 3.14. The molecular formula is C11H16ClN3O3S2. The molecule has 2 rings (SSSR count). The monoisotopic (exact) mass is 337 g/mol. The van der Waals surface area contributed by atoms with Crippen molar-refractivity contribution in [2.24, 2.45) is 0 Å². The summed E-state index contributed by atoms with van der Waals surface area (Å²) in [6.07, 6.45) is 0. The standard InChI is InChI=1S/C11H16ClN3O3S2/c1-14(8-10(16)15-6-4-13-5-7-15)20(17,18)11-3-2-9(12)19-11/h2-3,13H,4-8H2,1H3. The Morgan fingerprint density at radius 2 is 2.10 bits per heavy atom. The van der Waals surface area contributed by atoms with Crippen molar-refractivity contribution in [3.8, 4) is 0 Å². The molecule has 1 amide bonds. The number of nitrogens with zero attached hydrogens (tertiary/aromatic N) is 2. The number of thiophene rings is 1. The first-order valence-electron chi connectivity index (χ1n) is 6.11. The highest BCUT2D eigenvalue weighted by Gasteiger charge is 2.26. The topological polar surface area (TPSA) is 69.7 Å². The Morgan fingerprint density at radius 1 is 1.45 bits per heavy atom. The van der Waals surface area contributed by atoms with Crippen LogP contribution < -0.4 is 5.32 Å². The minimum Gasteiger partial charge on any atom is -0.339 e. The van der Waals surface area contributed by atoms with Crippen LogP contribution in [0, 0.1) is 0 Å². The van der Waals surface area contributed by atoms with Gasteiger partial charge in [0.05, 0.1) is 10.9 Å². The molecule has 0 atom stereocenters. The van der Waals surface area contributed by atoms with Gasteiger partial charge in [0.1, 0.15) is 4.21 Å². The van der Waals surface area contributed by atoms with Crippen LogP contribution >= 0.6 is 22.9 Å². The van der Waals surface area contributed by atoms with E-state index in [-0.39, 0.29) is 16.7 Å². The van der Waals surface area contributed by atoms with Crippen LogP contribution in [0.25, 0.3) is 0 Å². The average molecular weight is 338 g/mol. The van der Waals surface area contributed by atoms with Gasteiger partial charge in [0.2, 0.25) is 5.91 Å². The maximum atomic E-state index is 12.3. The number of carbonyl (C=O) groups excluding carboxylic acids is 1. The van der Waals surface area contributed by atoms with Gasteiger partial charge in [0.15, 0.2) is 0 Å². The van der Waals surface area contributed by atoms with Crippen LogP contribution in [0.5, 0.6) is 0 Å². The van der Waals surface area contributed by atoms with E-state index in [0.29, 0.717) is 17.4 Å². The van der Waals surface area contributed by atoms with Crippen LogP contribution in [-0.2, 0) is 14.8 Å². The van der Waals surface area contributed by atoms with Gasteiger partial charge < -0.3 is 10.2 Å². The van der Waals surface area contributed by atoms with E-state index in [2.05, 4.69) is 5.32 Å². The van der Waals surface area contributed by atoms with Gasteiger partial charge in [0.25, 0.3) is 10.0 Å². The zero-order valence-corrected chi connectivity index (χ0v) is 13.4. The lowest BCUT2D eigenvalue weighted by molar-refractivity contribution is -0.131. The lowest BCUT2D eigenvalue weighted by atomic mass is 10.3. The summed E-state index contributed by atoms with van der Waals surface area (Å²) in [5.41, 5.74) is 0. The summed E-state index contributed by atoms with van der Waals surface area (Å²) in [7, 11) is -2.24. The highest BCUT2D eigenvalue weighted by atomic mass is 35.5. The second-order valence-electron chi connectivity index (χ2n) is 4.45. The van der Waals surface area contributed by atoms with Crippen LogP contribution in [0.2, 0.25) is 4.34 Å². The Hall–Kier alpha value is -0.670. The molecule has 0 saturated carbocycles. The van der Waals surface area contributed by atoms with Gasteiger partial charge in [-0.2, -0.15) is 4.31 Å². The molecule has 0 aromatic carbocycles. The summed E-state index contributed by atoms with van der Waals surface area (Å²) < 4.78 is 26.1. The molecule has 6 nitrogen and oxygen atoms in total. The molecule has 20 heavy (non-hydrogen) atoms. The normalized spacial score (nSPS) is 16.6. The van der Waals surface area contributed by atoms with Crippen molar-refractivity contribution in [3.63, 3.8) is 0 Å². The largest absolute Gasteiger partial charge is 0.339 e. The Balaban J connectivity index is 2.03. The average Bonchev–Trinajstić information content (AvgIpc) is 2.87. The minimum absolute atomic E-state index is 0.151. The smallest absolute Gasteiger partial charge is 0.252 e. The zero-order chi connectivity index (χ0) is 14.8. The molecule has 1 aromatic heterocycles. The fourth-order valence-corrected chi connectivity index (χ4v) is 4.69. The summed E-state index contributed by atoms with van der Waals surface area (Å²) in [6.45, 7) is 2.54. The summed E-state index contributed by atoms with van der Waals surface area (Å²) in [5.74, 6) is -0.180. The quantitative estimate of drug-likeness (QED) is 0.866. The van der Waals surface area contributed by atoms with Crippen molar-refractivity contribution in [1.29, 1.82) is 0 Å². The van der Waals surface area contributed by atoms with Crippen LogP contribution in [0.1, 0.15) is 0 Å². The SMILES string of the molecule is CN(CC(=O)N1CCNCC1)S(=O)(=O)c1ccc(Cl)s1. The number of carbonyl (C=O) groups is 1. The van der Waals surface area contributed by atoms with Crippen molar-refractivity contribution in [1.82, 2.24) is 14.5 Å². The third-order valence-corrected chi connectivity index (χ3v) is 6.54. The second-order valence-corrected chi connectivity index (χ2v) is 8.44. The molecular weight excluding hydrogens is 322 g/mol. The van der Waals surface area contributed by atoms with E-state index in [4.69, 9.17) is 11.6 Å². The first kappa shape index (κ1) is 15.7. The molecule has 1 saturated heterocycles. The predicted octanol–water partition coefficient (Wildman–Crippen LogP) is 0.454. The Kier molecular flexibility index (Phi) is 5.03. The van der Waals surface area contributed by atoms with Crippen molar-refractivity contribution in [2.75, 3.05) is 39.8 Å². The maximum Gasteiger partial charge on any atom is 0.252 e. The number of nitrogens with one attached hydrogen (secondary N) is 1. The summed E-state index contributed by atoms with van der Waals surface area (Å²) >= 11 is 6.74. The highest BCUT2D eigenvalue weighted by molar-refractivity contribution is 7.91. The molecule has 112 valence electrons. The number of hydrogen-bond donors (Lipinski definition) is 1. The molecule has 1 N–H and O–H groups in total. The van der Waals surface area contributed by atoms with Gasteiger partial charge in [-0.1, -0.05) is 11.6 Å². The van der Waals surface area contributed by atoms with Crippen LogP contribution in [0.3, 0.4) is 0 Å². The zero-order valence-electron chi connectivity index (χ0n) is 11.0. The van der Waals surface area contributed by atoms with Crippen LogP contribution in [0.15, 0.2) is 16.3 Å². The molecule has 0 bridgehead atoms. The molecule has 0 spiro atoms. The Labute approximate surface area is 127 Å². The first-order chi connectivity index (χ1) is 9.41. The molecule has 1 aliphatic rings. The van der Waals surface area contributed by atoms with E-state index in [1.165, 1.54) is 19.2 Å². The number of halogens is 1. The first-order valence-corrected chi connectivity index (χ1v) is 8.75.